The number of nitrogens with two attached hydrogens (primary N) is 1. The Morgan fingerprint density at radius 1 is 1.44 bits per heavy atom. The van der Waals surface area contributed by atoms with Crippen molar-refractivity contribution in [2.24, 2.45) is 0 Å². The van der Waals surface area contributed by atoms with Crippen molar-refractivity contribution in [3.05, 3.63) is 35.4 Å². The zero-order valence-corrected chi connectivity index (χ0v) is 10.5. The van der Waals surface area contributed by atoms with Crippen LogP contribution in [0.3, 0.4) is 0 Å². The van der Waals surface area contributed by atoms with Gasteiger partial charge in [-0.25, -0.2) is 0 Å². The minimum Gasteiger partial charge on any atom is -0.398 e. The number of carbonyl (C=O) groups excluding carboxylic acids is 1. The fourth-order valence-corrected chi connectivity index (χ4v) is 1.92. The Morgan fingerprint density at radius 2 is 2.12 bits per heavy atom. The van der Waals surface area contributed by atoms with Crippen molar-refractivity contribution in [2.45, 2.75) is 20.3 Å². The summed E-state index contributed by atoms with van der Waals surface area (Å²) in [4.78, 5) is 11.7. The lowest BCUT2D eigenvalue weighted by Gasteiger charge is -2.02. The Morgan fingerprint density at radius 3 is 2.75 bits per heavy atom. The molecule has 0 unspecified atom stereocenters. The summed E-state index contributed by atoms with van der Waals surface area (Å²) in [7, 11) is 0. The van der Waals surface area contributed by atoms with Crippen molar-refractivity contribution in [3.8, 4) is 0 Å². The highest BCUT2D eigenvalue weighted by Crippen LogP contribution is 2.18. The van der Waals surface area contributed by atoms with Crippen LogP contribution in [0.5, 0.6) is 0 Å². The van der Waals surface area contributed by atoms with E-state index in [2.05, 4.69) is 6.92 Å². The van der Waals surface area contributed by atoms with Gasteiger partial charge in [-0.2, -0.15) is 0 Å². The van der Waals surface area contributed by atoms with Gasteiger partial charge in [0, 0.05) is 17.0 Å². The molecule has 2 N–H and O–H groups in total. The van der Waals surface area contributed by atoms with E-state index in [0.29, 0.717) is 5.69 Å². The van der Waals surface area contributed by atoms with Gasteiger partial charge >= 0.3 is 0 Å². The summed E-state index contributed by atoms with van der Waals surface area (Å²) in [5.41, 5.74) is 8.16. The van der Waals surface area contributed by atoms with Crippen LogP contribution in [-0.4, -0.2) is 10.9 Å². The third kappa shape index (κ3) is 3.74. The molecule has 0 aromatic heterocycles. The predicted molar refractivity (Wildman–Crippen MR) is 72.3 cm³/mol. The number of rotatable bonds is 4. The molecule has 0 radical (unpaired) electrons. The molecule has 86 valence electrons. The largest absolute Gasteiger partial charge is 0.398 e. The van der Waals surface area contributed by atoms with Gasteiger partial charge in [0.15, 0.2) is 0 Å². The van der Waals surface area contributed by atoms with Gasteiger partial charge in [0.2, 0.25) is 5.12 Å². The van der Waals surface area contributed by atoms with Crippen LogP contribution < -0.4 is 5.73 Å². The van der Waals surface area contributed by atoms with Gasteiger partial charge in [-0.3, -0.25) is 4.79 Å². The molecule has 1 aromatic carbocycles. The maximum absolute atomic E-state index is 11.7. The normalized spacial score (nSPS) is 11.5. The Bertz CT molecular complexity index is 399. The molecule has 0 aliphatic heterocycles. The average Bonchev–Trinajstić information content (AvgIpc) is 2.28. The molecule has 0 heterocycles. The fraction of sp³-hybridized carbons (Fsp3) is 0.308. The summed E-state index contributed by atoms with van der Waals surface area (Å²) in [6, 6.07) is 7.55. The molecular formula is C13H17NOS. The highest BCUT2D eigenvalue weighted by Gasteiger charge is 2.05. The van der Waals surface area contributed by atoms with Crippen molar-refractivity contribution in [3.63, 3.8) is 0 Å². The molecule has 0 fully saturated rings. The first-order chi connectivity index (χ1) is 7.65. The van der Waals surface area contributed by atoms with E-state index in [1.54, 1.807) is 0 Å². The fourth-order valence-electron chi connectivity index (χ4n) is 1.24. The lowest BCUT2D eigenvalue weighted by Crippen LogP contribution is -1.96. The van der Waals surface area contributed by atoms with Crippen molar-refractivity contribution >= 4 is 28.6 Å². The minimum atomic E-state index is 0.130. The lowest BCUT2D eigenvalue weighted by atomic mass is 10.1. The van der Waals surface area contributed by atoms with Crippen molar-refractivity contribution in [2.75, 3.05) is 11.5 Å². The van der Waals surface area contributed by atoms with Crippen LogP contribution in [0, 0.1) is 0 Å². The summed E-state index contributed by atoms with van der Waals surface area (Å²) >= 11 is 1.36. The number of anilines is 1. The quantitative estimate of drug-likeness (QED) is 0.643. The maximum atomic E-state index is 11.7. The molecule has 16 heavy (non-hydrogen) atoms. The molecular weight excluding hydrogens is 218 g/mol. The van der Waals surface area contributed by atoms with E-state index >= 15 is 0 Å². The number of thioether (sulfide) groups is 1. The van der Waals surface area contributed by atoms with E-state index in [0.717, 1.165) is 23.3 Å². The second-order valence-corrected chi connectivity index (χ2v) is 4.66. The topological polar surface area (TPSA) is 43.1 Å². The highest BCUT2D eigenvalue weighted by atomic mass is 32.2. The Labute approximate surface area is 101 Å². The average molecular weight is 235 g/mol. The SMILES string of the molecule is CCCSC(=O)/C(C)=C/c1ccccc1N. The summed E-state index contributed by atoms with van der Waals surface area (Å²) < 4.78 is 0. The number of hydrogen-bond acceptors (Lipinski definition) is 3. The molecule has 0 spiro atoms. The third-order valence-electron chi connectivity index (χ3n) is 2.13. The van der Waals surface area contributed by atoms with E-state index in [9.17, 15) is 4.79 Å². The van der Waals surface area contributed by atoms with Crippen molar-refractivity contribution < 1.29 is 4.79 Å². The molecule has 0 bridgehead atoms. The number of nitrogen functional groups attached to an aromatic ring is 1. The van der Waals surface area contributed by atoms with Gasteiger partial charge in [-0.05, 0) is 31.1 Å². The van der Waals surface area contributed by atoms with Crippen LogP contribution in [-0.2, 0) is 4.79 Å². The van der Waals surface area contributed by atoms with E-state index in [1.807, 2.05) is 37.3 Å². The van der Waals surface area contributed by atoms with Crippen LogP contribution in [0.15, 0.2) is 29.8 Å². The molecule has 0 amide bonds. The smallest absolute Gasteiger partial charge is 0.215 e. The van der Waals surface area contributed by atoms with Crippen molar-refractivity contribution in [1.29, 1.82) is 0 Å². The number of hydrogen-bond donors (Lipinski definition) is 1. The molecule has 1 rings (SSSR count). The van der Waals surface area contributed by atoms with Gasteiger partial charge < -0.3 is 5.73 Å². The second-order valence-electron chi connectivity index (χ2n) is 3.59. The van der Waals surface area contributed by atoms with Crippen LogP contribution >= 0.6 is 11.8 Å². The van der Waals surface area contributed by atoms with E-state index in [-0.39, 0.29) is 5.12 Å². The third-order valence-corrected chi connectivity index (χ3v) is 3.32. The molecule has 2 nitrogen and oxygen atoms in total. The molecule has 0 saturated heterocycles. The van der Waals surface area contributed by atoms with Crippen LogP contribution in [0.2, 0.25) is 0 Å². The summed E-state index contributed by atoms with van der Waals surface area (Å²) in [5.74, 6) is 0.869. The first kappa shape index (κ1) is 12.8. The Hall–Kier alpha value is -1.22. The molecule has 0 aliphatic rings. The maximum Gasteiger partial charge on any atom is 0.215 e. The van der Waals surface area contributed by atoms with Crippen molar-refractivity contribution in [1.82, 2.24) is 0 Å². The van der Waals surface area contributed by atoms with Gasteiger partial charge in [-0.1, -0.05) is 36.9 Å². The Kier molecular flexibility index (Phi) is 5.12. The zero-order valence-electron chi connectivity index (χ0n) is 9.69. The highest BCUT2D eigenvalue weighted by molar-refractivity contribution is 8.14. The van der Waals surface area contributed by atoms with Gasteiger partial charge in [0.05, 0.1) is 0 Å². The number of carbonyl (C=O) groups is 1. The predicted octanol–water partition coefficient (Wildman–Crippen LogP) is 3.34. The second kappa shape index (κ2) is 6.38. The first-order valence-corrected chi connectivity index (χ1v) is 6.33. The number of benzene rings is 1. The molecule has 3 heteroatoms. The standard InChI is InChI=1S/C13H17NOS/c1-3-8-16-13(15)10(2)9-11-6-4-5-7-12(11)14/h4-7,9H,3,8,14H2,1-2H3/b10-9+. The summed E-state index contributed by atoms with van der Waals surface area (Å²) in [5, 5.41) is 0.130. The monoisotopic (exact) mass is 235 g/mol. The molecule has 1 aromatic rings. The molecule has 0 atom stereocenters. The van der Waals surface area contributed by atoms with E-state index in [4.69, 9.17) is 5.73 Å². The summed E-state index contributed by atoms with van der Waals surface area (Å²) in [6.45, 7) is 3.89. The van der Waals surface area contributed by atoms with E-state index in [1.165, 1.54) is 11.8 Å². The summed E-state index contributed by atoms with van der Waals surface area (Å²) in [6.07, 6.45) is 2.86. The Balaban J connectivity index is 2.77. The van der Waals surface area contributed by atoms with Gasteiger partial charge in [0.25, 0.3) is 0 Å². The minimum absolute atomic E-state index is 0.130. The van der Waals surface area contributed by atoms with Crippen LogP contribution in [0.25, 0.3) is 6.08 Å². The van der Waals surface area contributed by atoms with Crippen LogP contribution in [0.4, 0.5) is 5.69 Å². The van der Waals surface area contributed by atoms with E-state index < -0.39 is 0 Å². The van der Waals surface area contributed by atoms with Gasteiger partial charge in [-0.15, -0.1) is 0 Å². The van der Waals surface area contributed by atoms with Gasteiger partial charge in [0.1, 0.15) is 0 Å². The van der Waals surface area contributed by atoms with Crippen LogP contribution in [0.1, 0.15) is 25.8 Å². The number of para-hydroxylation sites is 1. The molecule has 0 aliphatic carbocycles. The molecule has 0 saturated carbocycles. The first-order valence-electron chi connectivity index (χ1n) is 5.35. The zero-order chi connectivity index (χ0) is 12.0. The lowest BCUT2D eigenvalue weighted by molar-refractivity contribution is -0.107.